The highest BCUT2D eigenvalue weighted by Gasteiger charge is 2.38. The number of anilines is 3. The standard InChI is InChI=1S/C33H25NO/c1-33(2)29-16-10-9-15-25(29)26-18-19-27-28-21-24(17-20-30(28)35-32(27)31(26)33)34(22-11-5-3-6-12-22)23-13-7-4-8-14-23/h3-21H,1-2H3. The van der Waals surface area contributed by atoms with Crippen LogP contribution in [0.25, 0.3) is 33.1 Å². The van der Waals surface area contributed by atoms with E-state index in [0.717, 1.165) is 33.6 Å². The van der Waals surface area contributed by atoms with Crippen molar-refractivity contribution in [2.45, 2.75) is 19.3 Å². The first-order chi connectivity index (χ1) is 17.1. The lowest BCUT2D eigenvalue weighted by Gasteiger charge is -2.25. The summed E-state index contributed by atoms with van der Waals surface area (Å²) in [6.45, 7) is 4.62. The minimum atomic E-state index is -0.109. The van der Waals surface area contributed by atoms with Gasteiger partial charge in [0.25, 0.3) is 0 Å². The summed E-state index contributed by atoms with van der Waals surface area (Å²) in [4.78, 5) is 2.30. The highest BCUT2D eigenvalue weighted by Crippen LogP contribution is 2.52. The lowest BCUT2D eigenvalue weighted by molar-refractivity contribution is 0.620. The summed E-state index contributed by atoms with van der Waals surface area (Å²) < 4.78 is 6.59. The van der Waals surface area contributed by atoms with Gasteiger partial charge in [-0.05, 0) is 65.2 Å². The summed E-state index contributed by atoms with van der Waals surface area (Å²) in [5.74, 6) is 0. The zero-order valence-corrected chi connectivity index (χ0v) is 19.8. The van der Waals surface area contributed by atoms with Crippen molar-refractivity contribution in [2.75, 3.05) is 4.90 Å². The molecule has 6 aromatic rings. The van der Waals surface area contributed by atoms with Crippen molar-refractivity contribution < 1.29 is 4.42 Å². The van der Waals surface area contributed by atoms with E-state index in [-0.39, 0.29) is 5.41 Å². The van der Waals surface area contributed by atoms with Crippen molar-refractivity contribution in [2.24, 2.45) is 0 Å². The highest BCUT2D eigenvalue weighted by atomic mass is 16.3. The Kier molecular flexibility index (Phi) is 4.22. The number of furan rings is 1. The molecular formula is C33H25NO. The fraction of sp³-hybridized carbons (Fsp3) is 0.0909. The van der Waals surface area contributed by atoms with E-state index >= 15 is 0 Å². The average molecular weight is 452 g/mol. The largest absolute Gasteiger partial charge is 0.456 e. The molecule has 1 aromatic heterocycles. The Morgan fingerprint density at radius 1 is 0.571 bits per heavy atom. The first-order valence-corrected chi connectivity index (χ1v) is 12.1. The van der Waals surface area contributed by atoms with E-state index in [9.17, 15) is 0 Å². The third-order valence-electron chi connectivity index (χ3n) is 7.43. The molecule has 0 saturated carbocycles. The lowest BCUT2D eigenvalue weighted by Crippen LogP contribution is -2.15. The van der Waals surface area contributed by atoms with Crippen LogP contribution >= 0.6 is 0 Å². The van der Waals surface area contributed by atoms with Crippen molar-refractivity contribution in [3.8, 4) is 11.1 Å². The van der Waals surface area contributed by atoms with Gasteiger partial charge >= 0.3 is 0 Å². The first kappa shape index (κ1) is 20.1. The van der Waals surface area contributed by atoms with E-state index in [1.165, 1.54) is 27.6 Å². The third-order valence-corrected chi connectivity index (χ3v) is 7.43. The Bertz CT molecular complexity index is 1670. The molecule has 2 heteroatoms. The van der Waals surface area contributed by atoms with Gasteiger partial charge in [-0.25, -0.2) is 0 Å². The minimum absolute atomic E-state index is 0.109. The van der Waals surface area contributed by atoms with Crippen LogP contribution in [0.3, 0.4) is 0 Å². The lowest BCUT2D eigenvalue weighted by atomic mass is 9.82. The van der Waals surface area contributed by atoms with E-state index in [4.69, 9.17) is 4.42 Å². The summed E-state index contributed by atoms with van der Waals surface area (Å²) in [5, 5.41) is 2.31. The van der Waals surface area contributed by atoms with Gasteiger partial charge in [0.15, 0.2) is 0 Å². The fourth-order valence-electron chi connectivity index (χ4n) is 5.81. The summed E-state index contributed by atoms with van der Waals surface area (Å²) in [6.07, 6.45) is 0. The second-order valence-electron chi connectivity index (χ2n) is 9.82. The molecule has 0 fully saturated rings. The average Bonchev–Trinajstić information content (AvgIpc) is 3.38. The smallest absolute Gasteiger partial charge is 0.140 e. The third kappa shape index (κ3) is 2.90. The van der Waals surface area contributed by atoms with Gasteiger partial charge in [-0.3, -0.25) is 0 Å². The summed E-state index contributed by atoms with van der Waals surface area (Å²) in [6, 6.07) is 40.8. The van der Waals surface area contributed by atoms with Crippen LogP contribution in [-0.2, 0) is 5.41 Å². The molecule has 1 heterocycles. The molecular weight excluding hydrogens is 426 g/mol. The van der Waals surface area contributed by atoms with E-state index in [2.05, 4.69) is 134 Å². The maximum absolute atomic E-state index is 6.59. The zero-order valence-electron chi connectivity index (χ0n) is 19.8. The van der Waals surface area contributed by atoms with Crippen LogP contribution in [0.4, 0.5) is 17.1 Å². The topological polar surface area (TPSA) is 16.4 Å². The van der Waals surface area contributed by atoms with Gasteiger partial charge in [0.1, 0.15) is 11.2 Å². The quantitative estimate of drug-likeness (QED) is 0.266. The predicted octanol–water partition coefficient (Wildman–Crippen LogP) is 9.36. The second kappa shape index (κ2) is 7.35. The Morgan fingerprint density at radius 2 is 1.23 bits per heavy atom. The number of benzene rings is 5. The van der Waals surface area contributed by atoms with Gasteiger partial charge in [-0.15, -0.1) is 0 Å². The Hall–Kier alpha value is -4.30. The summed E-state index contributed by atoms with van der Waals surface area (Å²) in [5.41, 5.74) is 10.4. The number of hydrogen-bond donors (Lipinski definition) is 0. The van der Waals surface area contributed by atoms with E-state index < -0.39 is 0 Å². The number of fused-ring (bicyclic) bond motifs is 7. The number of nitrogens with zero attached hydrogens (tertiary/aromatic N) is 1. The molecule has 7 rings (SSSR count). The van der Waals surface area contributed by atoms with Crippen molar-refractivity contribution in [3.05, 3.63) is 126 Å². The molecule has 35 heavy (non-hydrogen) atoms. The molecule has 5 aromatic carbocycles. The van der Waals surface area contributed by atoms with Gasteiger partial charge in [-0.1, -0.05) is 80.6 Å². The van der Waals surface area contributed by atoms with Crippen molar-refractivity contribution in [1.82, 2.24) is 0 Å². The van der Waals surface area contributed by atoms with Crippen molar-refractivity contribution in [3.63, 3.8) is 0 Å². The van der Waals surface area contributed by atoms with E-state index in [0.29, 0.717) is 0 Å². The SMILES string of the molecule is CC1(C)c2ccccc2-c2ccc3c(oc4ccc(N(c5ccccc5)c5ccccc5)cc43)c21. The minimum Gasteiger partial charge on any atom is -0.456 e. The van der Waals surface area contributed by atoms with Gasteiger partial charge in [0.2, 0.25) is 0 Å². The molecule has 0 bridgehead atoms. The zero-order chi connectivity index (χ0) is 23.6. The van der Waals surface area contributed by atoms with Crippen LogP contribution in [0.5, 0.6) is 0 Å². The van der Waals surface area contributed by atoms with Crippen LogP contribution in [-0.4, -0.2) is 0 Å². The Morgan fingerprint density at radius 3 is 1.94 bits per heavy atom. The molecule has 0 N–H and O–H groups in total. The summed E-state index contributed by atoms with van der Waals surface area (Å²) in [7, 11) is 0. The number of rotatable bonds is 3. The van der Waals surface area contributed by atoms with Gasteiger partial charge in [0.05, 0.1) is 0 Å². The fourth-order valence-corrected chi connectivity index (χ4v) is 5.81. The maximum Gasteiger partial charge on any atom is 0.140 e. The second-order valence-corrected chi connectivity index (χ2v) is 9.82. The van der Waals surface area contributed by atoms with Crippen LogP contribution < -0.4 is 4.90 Å². The number of hydrogen-bond acceptors (Lipinski definition) is 2. The van der Waals surface area contributed by atoms with Crippen molar-refractivity contribution >= 4 is 39.0 Å². The molecule has 0 radical (unpaired) electrons. The van der Waals surface area contributed by atoms with E-state index in [1.54, 1.807) is 0 Å². The molecule has 0 spiro atoms. The highest BCUT2D eigenvalue weighted by molar-refractivity contribution is 6.10. The number of para-hydroxylation sites is 2. The normalized spacial score (nSPS) is 13.7. The van der Waals surface area contributed by atoms with Gasteiger partial charge < -0.3 is 9.32 Å². The molecule has 2 nitrogen and oxygen atoms in total. The van der Waals surface area contributed by atoms with Crippen LogP contribution in [0.2, 0.25) is 0 Å². The molecule has 0 aliphatic heterocycles. The molecule has 1 aliphatic carbocycles. The van der Waals surface area contributed by atoms with Gasteiger partial charge in [0, 0.05) is 38.8 Å². The molecule has 0 saturated heterocycles. The van der Waals surface area contributed by atoms with Crippen LogP contribution in [0.15, 0.2) is 120 Å². The predicted molar refractivity (Wildman–Crippen MR) is 146 cm³/mol. The summed E-state index contributed by atoms with van der Waals surface area (Å²) >= 11 is 0. The molecule has 0 amide bonds. The first-order valence-electron chi connectivity index (χ1n) is 12.1. The molecule has 0 unspecified atom stereocenters. The molecule has 1 aliphatic rings. The molecule has 0 atom stereocenters. The Balaban J connectivity index is 1.46. The van der Waals surface area contributed by atoms with Crippen LogP contribution in [0.1, 0.15) is 25.0 Å². The Labute approximate surface area is 205 Å². The van der Waals surface area contributed by atoms with Crippen molar-refractivity contribution in [1.29, 1.82) is 0 Å². The van der Waals surface area contributed by atoms with E-state index in [1.807, 2.05) is 0 Å². The maximum atomic E-state index is 6.59. The monoisotopic (exact) mass is 451 g/mol. The molecule has 168 valence electrons. The van der Waals surface area contributed by atoms with Crippen LogP contribution in [0, 0.1) is 0 Å². The van der Waals surface area contributed by atoms with Gasteiger partial charge in [-0.2, -0.15) is 0 Å².